The Morgan fingerprint density at radius 1 is 1.36 bits per heavy atom. The first-order valence-corrected chi connectivity index (χ1v) is 9.64. The van der Waals surface area contributed by atoms with Crippen LogP contribution in [0.3, 0.4) is 0 Å². The number of thiophene rings is 2. The van der Waals surface area contributed by atoms with Gasteiger partial charge in [-0.05, 0) is 52.2 Å². The summed E-state index contributed by atoms with van der Waals surface area (Å²) < 4.78 is 5.88. The summed E-state index contributed by atoms with van der Waals surface area (Å²) >= 11 is 3.49. The highest BCUT2D eigenvalue weighted by molar-refractivity contribution is 7.10. The van der Waals surface area contributed by atoms with E-state index in [2.05, 4.69) is 33.2 Å². The minimum atomic E-state index is -0.0498. The third-order valence-corrected chi connectivity index (χ3v) is 6.33. The Balaban J connectivity index is 1.49. The topological polar surface area (TPSA) is 29.5 Å². The van der Waals surface area contributed by atoms with Crippen LogP contribution in [0.5, 0.6) is 0 Å². The smallest absolute Gasteiger partial charge is 0.226 e. The van der Waals surface area contributed by atoms with Crippen LogP contribution in [0.25, 0.3) is 0 Å². The van der Waals surface area contributed by atoms with Crippen LogP contribution in [0.4, 0.5) is 0 Å². The van der Waals surface area contributed by atoms with Crippen molar-refractivity contribution in [1.29, 1.82) is 0 Å². The summed E-state index contributed by atoms with van der Waals surface area (Å²) in [5, 5.41) is 6.38. The molecule has 22 heavy (non-hydrogen) atoms. The highest BCUT2D eigenvalue weighted by atomic mass is 32.1. The molecule has 1 amide bonds. The molecule has 1 saturated heterocycles. The van der Waals surface area contributed by atoms with E-state index in [-0.39, 0.29) is 18.1 Å². The molecule has 3 nitrogen and oxygen atoms in total. The number of hydrogen-bond donors (Lipinski definition) is 0. The van der Waals surface area contributed by atoms with Crippen LogP contribution in [-0.2, 0) is 16.0 Å². The van der Waals surface area contributed by atoms with Crippen LogP contribution >= 0.6 is 22.7 Å². The highest BCUT2D eigenvalue weighted by Crippen LogP contribution is 2.37. The number of ether oxygens (including phenoxy) is 1. The lowest BCUT2D eigenvalue weighted by atomic mass is 10.0. The number of fused-ring (bicyclic) bond motifs is 1. The molecule has 1 fully saturated rings. The minimum Gasteiger partial charge on any atom is -0.373 e. The molecule has 2 atom stereocenters. The summed E-state index contributed by atoms with van der Waals surface area (Å²) in [5.41, 5.74) is 2.52. The monoisotopic (exact) mass is 333 g/mol. The van der Waals surface area contributed by atoms with Gasteiger partial charge in [0.25, 0.3) is 0 Å². The fourth-order valence-electron chi connectivity index (χ4n) is 3.55. The number of nitrogens with zero attached hydrogens (tertiary/aromatic N) is 1. The van der Waals surface area contributed by atoms with Gasteiger partial charge in [0, 0.05) is 17.8 Å². The van der Waals surface area contributed by atoms with Crippen molar-refractivity contribution in [2.45, 2.75) is 37.8 Å². The Hall–Kier alpha value is -1.17. The van der Waals surface area contributed by atoms with E-state index in [1.165, 1.54) is 16.0 Å². The fraction of sp³-hybridized carbons (Fsp3) is 0.471. The van der Waals surface area contributed by atoms with Gasteiger partial charge in [0.2, 0.25) is 5.91 Å². The van der Waals surface area contributed by atoms with E-state index in [1.807, 2.05) is 0 Å². The van der Waals surface area contributed by atoms with Gasteiger partial charge in [0.05, 0.1) is 25.2 Å². The Labute approximate surface area is 138 Å². The third kappa shape index (κ3) is 2.62. The molecule has 0 spiro atoms. The Bertz CT molecular complexity index is 649. The second-order valence-corrected chi connectivity index (χ2v) is 7.70. The maximum Gasteiger partial charge on any atom is 0.226 e. The van der Waals surface area contributed by atoms with Gasteiger partial charge < -0.3 is 9.64 Å². The van der Waals surface area contributed by atoms with Gasteiger partial charge >= 0.3 is 0 Å². The number of carbonyl (C=O) groups is 1. The first-order valence-electron chi connectivity index (χ1n) is 7.82. The van der Waals surface area contributed by atoms with E-state index in [1.54, 1.807) is 22.7 Å². The third-order valence-electron chi connectivity index (χ3n) is 4.64. The summed E-state index contributed by atoms with van der Waals surface area (Å²) in [4.78, 5) is 16.3. The fourth-order valence-corrected chi connectivity index (χ4v) is 5.17. The van der Waals surface area contributed by atoms with Gasteiger partial charge in [-0.25, -0.2) is 0 Å². The molecule has 2 aliphatic heterocycles. The zero-order valence-electron chi connectivity index (χ0n) is 12.4. The van der Waals surface area contributed by atoms with Gasteiger partial charge in [-0.2, -0.15) is 11.3 Å². The summed E-state index contributed by atoms with van der Waals surface area (Å²) in [6, 6.07) is 4.54. The predicted molar refractivity (Wildman–Crippen MR) is 89.3 cm³/mol. The normalized spacial score (nSPS) is 24.5. The molecule has 2 aliphatic rings. The molecule has 0 aliphatic carbocycles. The molecular formula is C17H19NO2S2. The number of amides is 1. The van der Waals surface area contributed by atoms with Gasteiger partial charge in [-0.3, -0.25) is 4.79 Å². The molecule has 2 aromatic heterocycles. The number of likely N-dealkylation sites (tertiary alicyclic amines) is 1. The molecule has 0 aromatic carbocycles. The van der Waals surface area contributed by atoms with Gasteiger partial charge in [0.1, 0.15) is 0 Å². The van der Waals surface area contributed by atoms with Gasteiger partial charge in [0.15, 0.2) is 0 Å². The lowest BCUT2D eigenvalue weighted by molar-refractivity contribution is -0.135. The number of rotatable bonds is 3. The Morgan fingerprint density at radius 2 is 2.32 bits per heavy atom. The van der Waals surface area contributed by atoms with E-state index in [0.29, 0.717) is 6.42 Å². The van der Waals surface area contributed by atoms with E-state index >= 15 is 0 Å². The summed E-state index contributed by atoms with van der Waals surface area (Å²) in [6.07, 6.45) is 3.59. The molecule has 0 unspecified atom stereocenters. The van der Waals surface area contributed by atoms with Crippen LogP contribution in [0.15, 0.2) is 28.3 Å². The van der Waals surface area contributed by atoms with Crippen molar-refractivity contribution < 1.29 is 9.53 Å². The first kappa shape index (κ1) is 14.4. The molecule has 116 valence electrons. The largest absolute Gasteiger partial charge is 0.373 e. The minimum absolute atomic E-state index is 0.0498. The van der Waals surface area contributed by atoms with Crippen LogP contribution in [0, 0.1) is 0 Å². The maximum absolute atomic E-state index is 12.8. The summed E-state index contributed by atoms with van der Waals surface area (Å²) in [7, 11) is 0. The van der Waals surface area contributed by atoms with Crippen molar-refractivity contribution in [2.75, 3.05) is 13.2 Å². The van der Waals surface area contributed by atoms with E-state index in [0.717, 1.165) is 32.4 Å². The molecule has 5 heteroatoms. The SMILES string of the molecule is O=C(C[C@H]1OCCc2sccc21)N1CCC[C@@H]1c1ccsc1. The molecule has 0 radical (unpaired) electrons. The first-order chi connectivity index (χ1) is 10.8. The molecule has 0 N–H and O–H groups in total. The summed E-state index contributed by atoms with van der Waals surface area (Å²) in [5.74, 6) is 0.234. The van der Waals surface area contributed by atoms with Gasteiger partial charge in [-0.15, -0.1) is 11.3 Å². The zero-order valence-corrected chi connectivity index (χ0v) is 14.0. The lowest BCUT2D eigenvalue weighted by Crippen LogP contribution is -2.32. The van der Waals surface area contributed by atoms with Crippen molar-refractivity contribution in [2.24, 2.45) is 0 Å². The van der Waals surface area contributed by atoms with Crippen LogP contribution in [0.2, 0.25) is 0 Å². The Kier molecular flexibility index (Phi) is 4.03. The molecule has 4 rings (SSSR count). The summed E-state index contributed by atoms with van der Waals surface area (Å²) in [6.45, 7) is 1.61. The average Bonchev–Trinajstić information content (AvgIpc) is 3.27. The standard InChI is InChI=1S/C17H19NO2S2/c19-17(10-15-13-5-9-22-16(13)3-7-20-15)18-6-1-2-14(18)12-4-8-21-11-12/h4-5,8-9,11,14-15H,1-3,6-7,10H2/t14-,15-/m1/s1. The second kappa shape index (κ2) is 6.14. The van der Waals surface area contributed by atoms with Crippen molar-refractivity contribution in [3.05, 3.63) is 44.3 Å². The van der Waals surface area contributed by atoms with Crippen molar-refractivity contribution in [3.8, 4) is 0 Å². The van der Waals surface area contributed by atoms with Gasteiger partial charge in [-0.1, -0.05) is 0 Å². The number of carbonyl (C=O) groups excluding carboxylic acids is 1. The molecular weight excluding hydrogens is 314 g/mol. The van der Waals surface area contributed by atoms with E-state index in [9.17, 15) is 4.79 Å². The molecule has 0 saturated carbocycles. The Morgan fingerprint density at radius 3 is 3.18 bits per heavy atom. The predicted octanol–water partition coefficient (Wildman–Crippen LogP) is 4.18. The van der Waals surface area contributed by atoms with Crippen LogP contribution in [0.1, 0.15) is 47.4 Å². The van der Waals surface area contributed by atoms with Crippen LogP contribution in [-0.4, -0.2) is 24.0 Å². The maximum atomic E-state index is 12.8. The lowest BCUT2D eigenvalue weighted by Gasteiger charge is -2.28. The van der Waals surface area contributed by atoms with E-state index in [4.69, 9.17) is 4.74 Å². The quantitative estimate of drug-likeness (QED) is 0.843. The molecule has 0 bridgehead atoms. The molecule has 2 aromatic rings. The van der Waals surface area contributed by atoms with Crippen molar-refractivity contribution in [3.63, 3.8) is 0 Å². The zero-order chi connectivity index (χ0) is 14.9. The van der Waals surface area contributed by atoms with E-state index < -0.39 is 0 Å². The second-order valence-electron chi connectivity index (χ2n) is 5.91. The van der Waals surface area contributed by atoms with Crippen molar-refractivity contribution in [1.82, 2.24) is 4.90 Å². The molecule has 4 heterocycles. The van der Waals surface area contributed by atoms with Crippen molar-refractivity contribution >= 4 is 28.6 Å². The van der Waals surface area contributed by atoms with Crippen LogP contribution < -0.4 is 0 Å². The average molecular weight is 333 g/mol. The highest BCUT2D eigenvalue weighted by Gasteiger charge is 2.33. The number of hydrogen-bond acceptors (Lipinski definition) is 4.